The molecule has 0 atom stereocenters. The zero-order valence-corrected chi connectivity index (χ0v) is 18.9. The van der Waals surface area contributed by atoms with Gasteiger partial charge in [0.2, 0.25) is 5.75 Å². The molecule has 0 radical (unpaired) electrons. The summed E-state index contributed by atoms with van der Waals surface area (Å²) in [6, 6.07) is 3.33. The molecule has 2 aliphatic rings. The first-order valence-corrected chi connectivity index (χ1v) is 12.5. The highest BCUT2D eigenvalue weighted by molar-refractivity contribution is 7.90. The highest BCUT2D eigenvalue weighted by Gasteiger charge is 2.42. The van der Waals surface area contributed by atoms with E-state index in [4.69, 9.17) is 0 Å². The second-order valence-electron chi connectivity index (χ2n) is 8.87. The number of hydrogen-bond acceptors (Lipinski definition) is 6. The van der Waals surface area contributed by atoms with Gasteiger partial charge in [-0.2, -0.15) is 0 Å². The molecule has 172 valence electrons. The minimum absolute atomic E-state index is 0.161. The molecule has 10 heteroatoms. The third kappa shape index (κ3) is 3.80. The molecule has 0 saturated heterocycles. The number of fused-ring (bicyclic) bond motifs is 2. The van der Waals surface area contributed by atoms with Gasteiger partial charge in [0, 0.05) is 31.8 Å². The van der Waals surface area contributed by atoms with Gasteiger partial charge in [0.1, 0.15) is 11.6 Å². The summed E-state index contributed by atoms with van der Waals surface area (Å²) in [5, 5.41) is 10.5. The molecule has 32 heavy (non-hydrogen) atoms. The minimum atomic E-state index is -3.73. The Morgan fingerprint density at radius 3 is 2.56 bits per heavy atom. The first-order chi connectivity index (χ1) is 15.0. The van der Waals surface area contributed by atoms with Crippen LogP contribution in [0, 0.1) is 5.82 Å². The van der Waals surface area contributed by atoms with E-state index in [-0.39, 0.29) is 28.1 Å². The van der Waals surface area contributed by atoms with Gasteiger partial charge in [-0.05, 0) is 43.4 Å². The van der Waals surface area contributed by atoms with Gasteiger partial charge in [-0.25, -0.2) is 17.8 Å². The van der Waals surface area contributed by atoms with E-state index in [1.54, 1.807) is 0 Å². The number of aromatic hydroxyl groups is 1. The Morgan fingerprint density at radius 1 is 1.25 bits per heavy atom. The predicted molar refractivity (Wildman–Crippen MR) is 115 cm³/mol. The third-order valence-electron chi connectivity index (χ3n) is 6.60. The summed E-state index contributed by atoms with van der Waals surface area (Å²) in [6.07, 6.45) is 6.51. The van der Waals surface area contributed by atoms with Crippen LogP contribution in [0.5, 0.6) is 5.75 Å². The van der Waals surface area contributed by atoms with Crippen molar-refractivity contribution >= 4 is 15.7 Å². The maximum Gasteiger partial charge on any atom is 0.296 e. The first-order valence-electron chi connectivity index (χ1n) is 10.6. The number of carbonyl (C=O) groups is 1. The topological polar surface area (TPSA) is 110 Å². The maximum atomic E-state index is 13.6. The quantitative estimate of drug-likeness (QED) is 0.746. The molecule has 1 saturated carbocycles. The van der Waals surface area contributed by atoms with Crippen LogP contribution in [0.1, 0.15) is 60.4 Å². The molecular formula is C22H26FN3O5S. The van der Waals surface area contributed by atoms with Crippen molar-refractivity contribution in [1.29, 1.82) is 0 Å². The molecule has 4 rings (SSSR count). The number of nitrogens with zero attached hydrogens (tertiary/aromatic N) is 3. The van der Waals surface area contributed by atoms with Crippen molar-refractivity contribution in [2.45, 2.75) is 61.9 Å². The van der Waals surface area contributed by atoms with Crippen LogP contribution in [0.15, 0.2) is 27.9 Å². The van der Waals surface area contributed by atoms with Gasteiger partial charge >= 0.3 is 0 Å². The standard InChI is InChI=1S/C22H26FN3O5S/c1-25(13-14-6-7-15(23)12-16(14)32(2,30)31)19(28)17-18(27)20(29)26-11-5-10-22(21(26)24-17)8-3-4-9-22/h6-7,12,27H,3-5,8-11,13H2,1-2H3. The summed E-state index contributed by atoms with van der Waals surface area (Å²) in [6.45, 7) is 0.292. The van der Waals surface area contributed by atoms with E-state index >= 15 is 0 Å². The van der Waals surface area contributed by atoms with Crippen LogP contribution in [0.3, 0.4) is 0 Å². The van der Waals surface area contributed by atoms with Gasteiger partial charge in [0.05, 0.1) is 4.90 Å². The van der Waals surface area contributed by atoms with Gasteiger partial charge in [-0.1, -0.05) is 18.9 Å². The van der Waals surface area contributed by atoms with Crippen molar-refractivity contribution in [3.63, 3.8) is 0 Å². The highest BCUT2D eigenvalue weighted by Crippen LogP contribution is 2.46. The number of benzene rings is 1. The molecule has 1 aliphatic heterocycles. The molecule has 1 fully saturated rings. The van der Waals surface area contributed by atoms with Gasteiger partial charge < -0.3 is 10.0 Å². The second-order valence-corrected chi connectivity index (χ2v) is 10.8. The van der Waals surface area contributed by atoms with E-state index in [0.29, 0.717) is 12.4 Å². The Labute approximate surface area is 185 Å². The van der Waals surface area contributed by atoms with Gasteiger partial charge in [0.15, 0.2) is 15.5 Å². The Kier molecular flexibility index (Phi) is 5.60. The number of aromatic nitrogens is 2. The molecule has 1 amide bonds. The van der Waals surface area contributed by atoms with E-state index in [9.17, 15) is 27.5 Å². The fourth-order valence-corrected chi connectivity index (χ4v) is 5.97. The molecule has 1 aliphatic carbocycles. The Hall–Kier alpha value is -2.75. The average Bonchev–Trinajstić information content (AvgIpc) is 3.20. The van der Waals surface area contributed by atoms with Crippen LogP contribution in [-0.2, 0) is 28.3 Å². The number of sulfone groups is 1. The summed E-state index contributed by atoms with van der Waals surface area (Å²) in [7, 11) is -2.31. The Morgan fingerprint density at radius 2 is 1.91 bits per heavy atom. The van der Waals surface area contributed by atoms with Crippen LogP contribution in [0.2, 0.25) is 0 Å². The summed E-state index contributed by atoms with van der Waals surface area (Å²) in [4.78, 5) is 31.5. The number of hydrogen-bond donors (Lipinski definition) is 1. The average molecular weight is 464 g/mol. The van der Waals surface area contributed by atoms with Crippen LogP contribution < -0.4 is 5.56 Å². The predicted octanol–water partition coefficient (Wildman–Crippen LogP) is 2.37. The molecule has 0 bridgehead atoms. The minimum Gasteiger partial charge on any atom is -0.501 e. The number of rotatable bonds is 4. The fourth-order valence-electron chi connectivity index (χ4n) is 5.03. The van der Waals surface area contributed by atoms with Crippen LogP contribution >= 0.6 is 0 Å². The van der Waals surface area contributed by atoms with E-state index in [0.717, 1.165) is 56.9 Å². The number of halogens is 1. The third-order valence-corrected chi connectivity index (χ3v) is 7.78. The fraction of sp³-hybridized carbons (Fsp3) is 0.500. The zero-order valence-electron chi connectivity index (χ0n) is 18.1. The SMILES string of the molecule is CN(Cc1ccc(F)cc1S(C)(=O)=O)C(=O)c1nc2n(c(=O)c1O)CCCC21CCCC1. The largest absolute Gasteiger partial charge is 0.501 e. The van der Waals surface area contributed by atoms with Crippen molar-refractivity contribution in [2.75, 3.05) is 13.3 Å². The smallest absolute Gasteiger partial charge is 0.296 e. The molecule has 0 unspecified atom stereocenters. The van der Waals surface area contributed by atoms with Crippen molar-refractivity contribution < 1.29 is 22.7 Å². The lowest BCUT2D eigenvalue weighted by atomic mass is 9.78. The number of amides is 1. The molecule has 1 N–H and O–H groups in total. The van der Waals surface area contributed by atoms with Crippen molar-refractivity contribution in [3.8, 4) is 5.75 Å². The molecular weight excluding hydrogens is 437 g/mol. The van der Waals surface area contributed by atoms with Crippen LogP contribution in [0.25, 0.3) is 0 Å². The van der Waals surface area contributed by atoms with E-state index in [2.05, 4.69) is 4.98 Å². The normalized spacial score (nSPS) is 17.3. The molecule has 1 spiro atoms. The van der Waals surface area contributed by atoms with E-state index < -0.39 is 32.9 Å². The lowest BCUT2D eigenvalue weighted by Crippen LogP contribution is -2.41. The van der Waals surface area contributed by atoms with E-state index in [1.807, 2.05) is 0 Å². The van der Waals surface area contributed by atoms with E-state index in [1.165, 1.54) is 22.6 Å². The van der Waals surface area contributed by atoms with Crippen LogP contribution in [-0.4, -0.2) is 47.2 Å². The Balaban J connectivity index is 1.72. The van der Waals surface area contributed by atoms with Gasteiger partial charge in [-0.15, -0.1) is 0 Å². The summed E-state index contributed by atoms with van der Waals surface area (Å²) in [5.41, 5.74) is -0.985. The van der Waals surface area contributed by atoms with Gasteiger partial charge in [0.25, 0.3) is 11.5 Å². The first kappa shape index (κ1) is 22.4. The lowest BCUT2D eigenvalue weighted by molar-refractivity contribution is 0.0772. The molecule has 1 aromatic heterocycles. The van der Waals surface area contributed by atoms with Crippen LogP contribution in [0.4, 0.5) is 4.39 Å². The van der Waals surface area contributed by atoms with Crippen molar-refractivity contribution in [3.05, 3.63) is 51.5 Å². The molecule has 2 heterocycles. The van der Waals surface area contributed by atoms with Crippen molar-refractivity contribution in [2.24, 2.45) is 0 Å². The summed E-state index contributed by atoms with van der Waals surface area (Å²) >= 11 is 0. The Bertz CT molecular complexity index is 1250. The molecule has 8 nitrogen and oxygen atoms in total. The van der Waals surface area contributed by atoms with Crippen molar-refractivity contribution in [1.82, 2.24) is 14.5 Å². The van der Waals surface area contributed by atoms with Gasteiger partial charge in [-0.3, -0.25) is 14.2 Å². The summed E-state index contributed by atoms with van der Waals surface area (Å²) in [5.74, 6) is -1.56. The second kappa shape index (κ2) is 7.99. The number of carbonyl (C=O) groups excluding carboxylic acids is 1. The summed E-state index contributed by atoms with van der Waals surface area (Å²) < 4.78 is 39.2. The molecule has 2 aromatic rings. The maximum absolute atomic E-state index is 13.6. The zero-order chi connectivity index (χ0) is 23.3. The molecule has 1 aromatic carbocycles. The highest BCUT2D eigenvalue weighted by atomic mass is 32.2. The lowest BCUT2D eigenvalue weighted by Gasteiger charge is -2.35. The monoisotopic (exact) mass is 463 g/mol.